The molecule has 1 saturated carbocycles. The molecule has 0 unspecified atom stereocenters. The number of carbonyl (C=O) groups is 1. The Balaban J connectivity index is 2.61. The lowest BCUT2D eigenvalue weighted by molar-refractivity contribution is -0.145. The predicted molar refractivity (Wildman–Crippen MR) is 87.7 cm³/mol. The maximum atomic E-state index is 11.9. The summed E-state index contributed by atoms with van der Waals surface area (Å²) in [5.41, 5.74) is -0.699. The first kappa shape index (κ1) is 18.4. The summed E-state index contributed by atoms with van der Waals surface area (Å²) in [6, 6.07) is 0. The summed E-state index contributed by atoms with van der Waals surface area (Å²) in [5.74, 6) is -0.654. The third kappa shape index (κ3) is 7.28. The van der Waals surface area contributed by atoms with E-state index in [1.807, 2.05) is 14.1 Å². The number of hydrogen-bond acceptors (Lipinski definition) is 3. The van der Waals surface area contributed by atoms with Gasteiger partial charge in [0, 0.05) is 13.1 Å². The Bertz CT molecular complexity index is 281. The molecule has 1 fully saturated rings. The number of likely N-dealkylation sites (N-methyl/N-ethyl adjacent to an activating group) is 1. The molecule has 0 aromatic rings. The molecule has 0 aromatic carbocycles. The first-order chi connectivity index (χ1) is 10.1. The summed E-state index contributed by atoms with van der Waals surface area (Å²) in [5, 5.41) is 13.2. The largest absolute Gasteiger partial charge is 0.480 e. The Morgan fingerprint density at radius 2 is 1.38 bits per heavy atom. The van der Waals surface area contributed by atoms with Crippen LogP contribution in [0.3, 0.4) is 0 Å². The molecule has 0 bridgehead atoms. The Kier molecular flexibility index (Phi) is 8.93. The molecule has 0 aliphatic heterocycles. The average molecular weight is 298 g/mol. The Morgan fingerprint density at radius 1 is 0.952 bits per heavy atom. The van der Waals surface area contributed by atoms with Crippen LogP contribution in [0.5, 0.6) is 0 Å². The molecule has 0 aromatic heterocycles. The third-order valence-electron chi connectivity index (χ3n) is 4.64. The summed E-state index contributed by atoms with van der Waals surface area (Å²) in [7, 11) is 4.05. The quantitative estimate of drug-likeness (QED) is 0.818. The van der Waals surface area contributed by atoms with Gasteiger partial charge in [0.2, 0.25) is 0 Å². The Labute approximate surface area is 130 Å². The van der Waals surface area contributed by atoms with E-state index in [2.05, 4.69) is 10.2 Å². The Morgan fingerprint density at radius 3 is 1.76 bits per heavy atom. The number of hydrogen-bond donors (Lipinski definition) is 2. The van der Waals surface area contributed by atoms with Gasteiger partial charge in [0.25, 0.3) is 0 Å². The van der Waals surface area contributed by atoms with Gasteiger partial charge in [0.1, 0.15) is 5.54 Å². The van der Waals surface area contributed by atoms with Gasteiger partial charge in [-0.3, -0.25) is 4.79 Å². The van der Waals surface area contributed by atoms with Crippen molar-refractivity contribution in [2.45, 2.75) is 76.2 Å². The van der Waals surface area contributed by atoms with E-state index in [1.165, 1.54) is 44.9 Å². The van der Waals surface area contributed by atoms with Crippen LogP contribution in [-0.4, -0.2) is 48.7 Å². The third-order valence-corrected chi connectivity index (χ3v) is 4.64. The molecule has 1 aliphatic rings. The normalized spacial score (nSPS) is 21.5. The zero-order valence-corrected chi connectivity index (χ0v) is 14.0. The number of nitrogens with one attached hydrogen (secondary N) is 1. The lowest BCUT2D eigenvalue weighted by Crippen LogP contribution is -2.53. The van der Waals surface area contributed by atoms with Gasteiger partial charge in [0.05, 0.1) is 0 Å². The molecule has 1 rings (SSSR count). The number of aliphatic carboxylic acids is 1. The standard InChI is InChI=1S/C17H34N2O2/c1-19(2)15-14-18-17(16(20)21)12-10-8-6-4-3-5-7-9-11-13-17/h18H,3-15H2,1-2H3,(H,20,21). The minimum atomic E-state index is -0.699. The second-order valence-corrected chi connectivity index (χ2v) is 6.80. The molecule has 1 aliphatic carbocycles. The first-order valence-corrected chi connectivity index (χ1v) is 8.70. The molecular formula is C17H34N2O2. The zero-order valence-electron chi connectivity index (χ0n) is 14.0. The smallest absolute Gasteiger partial charge is 0.323 e. The van der Waals surface area contributed by atoms with E-state index >= 15 is 0 Å². The fourth-order valence-electron chi connectivity index (χ4n) is 3.20. The highest BCUT2D eigenvalue weighted by molar-refractivity contribution is 5.78. The van der Waals surface area contributed by atoms with Crippen LogP contribution in [0.15, 0.2) is 0 Å². The van der Waals surface area contributed by atoms with E-state index in [1.54, 1.807) is 0 Å². The summed E-state index contributed by atoms with van der Waals surface area (Å²) in [6.45, 7) is 1.63. The molecule has 0 amide bonds. The van der Waals surface area contributed by atoms with Crippen LogP contribution in [0.1, 0.15) is 70.6 Å². The van der Waals surface area contributed by atoms with Gasteiger partial charge in [-0.1, -0.05) is 57.8 Å². The fraction of sp³-hybridized carbons (Fsp3) is 0.941. The molecule has 0 heterocycles. The molecule has 4 nitrogen and oxygen atoms in total. The van der Waals surface area contributed by atoms with Crippen LogP contribution in [0.4, 0.5) is 0 Å². The van der Waals surface area contributed by atoms with Crippen molar-refractivity contribution in [3.63, 3.8) is 0 Å². The van der Waals surface area contributed by atoms with Crippen LogP contribution in [0.25, 0.3) is 0 Å². The average Bonchev–Trinajstić information content (AvgIpc) is 2.41. The maximum absolute atomic E-state index is 11.9. The van der Waals surface area contributed by atoms with E-state index in [9.17, 15) is 9.90 Å². The van der Waals surface area contributed by atoms with Crippen LogP contribution >= 0.6 is 0 Å². The van der Waals surface area contributed by atoms with Crippen molar-refractivity contribution in [3.05, 3.63) is 0 Å². The molecule has 2 N–H and O–H groups in total. The highest BCUT2D eigenvalue weighted by Gasteiger charge is 2.36. The van der Waals surface area contributed by atoms with Crippen molar-refractivity contribution in [2.75, 3.05) is 27.2 Å². The molecule has 0 spiro atoms. The lowest BCUT2D eigenvalue weighted by atomic mass is 9.85. The fourth-order valence-corrected chi connectivity index (χ4v) is 3.20. The van der Waals surface area contributed by atoms with E-state index in [4.69, 9.17) is 0 Å². The van der Waals surface area contributed by atoms with Crippen molar-refractivity contribution in [3.8, 4) is 0 Å². The first-order valence-electron chi connectivity index (χ1n) is 8.70. The van der Waals surface area contributed by atoms with Crippen LogP contribution in [0, 0.1) is 0 Å². The second-order valence-electron chi connectivity index (χ2n) is 6.80. The predicted octanol–water partition coefficient (Wildman–Crippen LogP) is 3.27. The molecule has 4 heteroatoms. The molecule has 0 atom stereocenters. The monoisotopic (exact) mass is 298 g/mol. The zero-order chi connectivity index (χ0) is 15.6. The highest BCUT2D eigenvalue weighted by Crippen LogP contribution is 2.25. The van der Waals surface area contributed by atoms with Crippen LogP contribution in [0.2, 0.25) is 0 Å². The summed E-state index contributed by atoms with van der Waals surface area (Å²) in [6.07, 6.45) is 12.4. The number of carboxylic acids is 1. The van der Waals surface area contributed by atoms with Gasteiger partial charge in [-0.2, -0.15) is 0 Å². The number of rotatable bonds is 5. The van der Waals surface area contributed by atoms with Gasteiger partial charge >= 0.3 is 5.97 Å². The highest BCUT2D eigenvalue weighted by atomic mass is 16.4. The van der Waals surface area contributed by atoms with Gasteiger partial charge in [-0.15, -0.1) is 0 Å². The second kappa shape index (κ2) is 10.2. The summed E-state index contributed by atoms with van der Waals surface area (Å²) in [4.78, 5) is 14.0. The van der Waals surface area contributed by atoms with Crippen molar-refractivity contribution in [1.29, 1.82) is 0 Å². The molecular weight excluding hydrogens is 264 g/mol. The maximum Gasteiger partial charge on any atom is 0.323 e. The minimum Gasteiger partial charge on any atom is -0.480 e. The van der Waals surface area contributed by atoms with Gasteiger partial charge in [-0.25, -0.2) is 0 Å². The minimum absolute atomic E-state index is 0.654. The van der Waals surface area contributed by atoms with Crippen molar-refractivity contribution >= 4 is 5.97 Å². The number of carboxylic acid groups (broad SMARTS) is 1. The van der Waals surface area contributed by atoms with Crippen LogP contribution < -0.4 is 5.32 Å². The Hall–Kier alpha value is -0.610. The van der Waals surface area contributed by atoms with Crippen LogP contribution in [-0.2, 0) is 4.79 Å². The molecule has 21 heavy (non-hydrogen) atoms. The van der Waals surface area contributed by atoms with Gasteiger partial charge in [0.15, 0.2) is 0 Å². The van der Waals surface area contributed by atoms with Crippen molar-refractivity contribution in [2.24, 2.45) is 0 Å². The summed E-state index contributed by atoms with van der Waals surface area (Å²) < 4.78 is 0. The van der Waals surface area contributed by atoms with E-state index in [0.717, 1.165) is 38.8 Å². The van der Waals surface area contributed by atoms with Crippen molar-refractivity contribution in [1.82, 2.24) is 10.2 Å². The van der Waals surface area contributed by atoms with Gasteiger partial charge < -0.3 is 15.3 Å². The molecule has 0 saturated heterocycles. The number of nitrogens with zero attached hydrogens (tertiary/aromatic N) is 1. The van der Waals surface area contributed by atoms with E-state index < -0.39 is 11.5 Å². The summed E-state index contributed by atoms with van der Waals surface area (Å²) >= 11 is 0. The van der Waals surface area contributed by atoms with E-state index in [-0.39, 0.29) is 0 Å². The molecule has 124 valence electrons. The topological polar surface area (TPSA) is 52.6 Å². The van der Waals surface area contributed by atoms with Crippen molar-refractivity contribution < 1.29 is 9.90 Å². The SMILES string of the molecule is CN(C)CCNC1(C(=O)O)CCCCCCCCCCC1. The van der Waals surface area contributed by atoms with Gasteiger partial charge in [-0.05, 0) is 26.9 Å². The van der Waals surface area contributed by atoms with E-state index in [0.29, 0.717) is 0 Å². The molecule has 0 radical (unpaired) electrons. The lowest BCUT2D eigenvalue weighted by Gasteiger charge is -2.32.